The number of hydrogen-bond acceptors (Lipinski definition) is 4. The number of carboxylic acids is 1. The first-order valence-corrected chi connectivity index (χ1v) is 9.25. The van der Waals surface area contributed by atoms with E-state index < -0.39 is 5.97 Å². The van der Waals surface area contributed by atoms with Crippen LogP contribution in [-0.2, 0) is 13.0 Å². The molecule has 0 radical (unpaired) electrons. The van der Waals surface area contributed by atoms with Crippen molar-refractivity contribution in [3.63, 3.8) is 0 Å². The Labute approximate surface area is 158 Å². The van der Waals surface area contributed by atoms with E-state index in [-0.39, 0.29) is 5.56 Å². The molecule has 3 aromatic rings. The highest BCUT2D eigenvalue weighted by atomic mass is 16.4. The van der Waals surface area contributed by atoms with Crippen LogP contribution in [0, 0.1) is 6.92 Å². The largest absolute Gasteiger partial charge is 0.478 e. The molecule has 140 valence electrons. The summed E-state index contributed by atoms with van der Waals surface area (Å²) in [7, 11) is 0. The lowest BCUT2D eigenvalue weighted by Gasteiger charge is -2.09. The molecule has 27 heavy (non-hydrogen) atoms. The maximum atomic E-state index is 11.5. The first-order valence-electron chi connectivity index (χ1n) is 9.25. The maximum absolute atomic E-state index is 11.5. The third kappa shape index (κ3) is 4.58. The van der Waals surface area contributed by atoms with Crippen LogP contribution < -0.4 is 0 Å². The van der Waals surface area contributed by atoms with Crippen LogP contribution in [0.3, 0.4) is 0 Å². The van der Waals surface area contributed by atoms with E-state index in [4.69, 9.17) is 0 Å². The Morgan fingerprint density at radius 3 is 2.78 bits per heavy atom. The van der Waals surface area contributed by atoms with Gasteiger partial charge < -0.3 is 5.11 Å². The van der Waals surface area contributed by atoms with E-state index >= 15 is 0 Å². The zero-order valence-electron chi connectivity index (χ0n) is 15.7. The van der Waals surface area contributed by atoms with Crippen molar-refractivity contribution in [3.05, 3.63) is 65.5 Å². The number of rotatable bonds is 8. The number of aryl methyl sites for hydroxylation is 2. The number of benzene rings is 1. The summed E-state index contributed by atoms with van der Waals surface area (Å²) in [5, 5.41) is 13.9. The lowest BCUT2D eigenvalue weighted by molar-refractivity contribution is 0.0697. The highest BCUT2D eigenvalue weighted by molar-refractivity contribution is 5.95. The maximum Gasteiger partial charge on any atom is 0.336 e. The van der Waals surface area contributed by atoms with Gasteiger partial charge in [-0.2, -0.15) is 5.10 Å². The Morgan fingerprint density at radius 1 is 1.19 bits per heavy atom. The van der Waals surface area contributed by atoms with Crippen molar-refractivity contribution in [2.45, 2.75) is 46.1 Å². The van der Waals surface area contributed by atoms with E-state index in [0.29, 0.717) is 12.1 Å². The summed E-state index contributed by atoms with van der Waals surface area (Å²) >= 11 is 0. The second-order valence-electron chi connectivity index (χ2n) is 6.62. The van der Waals surface area contributed by atoms with Crippen LogP contribution in [0.25, 0.3) is 11.1 Å². The molecule has 2 heterocycles. The second kappa shape index (κ2) is 8.58. The first kappa shape index (κ1) is 18.8. The fraction of sp³-hybridized carbons (Fsp3) is 0.333. The number of aromatic nitrogens is 4. The summed E-state index contributed by atoms with van der Waals surface area (Å²) < 4.78 is 1.93. The number of nitrogens with zero attached hydrogens (tertiary/aromatic N) is 4. The summed E-state index contributed by atoms with van der Waals surface area (Å²) in [6, 6.07) is 8.95. The minimum atomic E-state index is -0.943. The van der Waals surface area contributed by atoms with Crippen molar-refractivity contribution in [2.24, 2.45) is 0 Å². The highest BCUT2D eigenvalue weighted by Gasteiger charge is 2.13. The van der Waals surface area contributed by atoms with Gasteiger partial charge in [-0.15, -0.1) is 0 Å². The van der Waals surface area contributed by atoms with Gasteiger partial charge in [-0.3, -0.25) is 4.98 Å². The van der Waals surface area contributed by atoms with Gasteiger partial charge in [0.25, 0.3) is 0 Å². The van der Waals surface area contributed by atoms with Crippen molar-refractivity contribution in [1.29, 1.82) is 0 Å². The van der Waals surface area contributed by atoms with E-state index in [9.17, 15) is 9.90 Å². The number of aromatic carboxylic acids is 1. The molecule has 2 aromatic heterocycles. The van der Waals surface area contributed by atoms with Crippen molar-refractivity contribution in [3.8, 4) is 11.1 Å². The molecule has 0 aliphatic heterocycles. The number of carboxylic acid groups (broad SMARTS) is 1. The van der Waals surface area contributed by atoms with Gasteiger partial charge in [-0.1, -0.05) is 38.0 Å². The topological polar surface area (TPSA) is 80.9 Å². The molecule has 3 rings (SSSR count). The highest BCUT2D eigenvalue weighted by Crippen LogP contribution is 2.24. The summed E-state index contributed by atoms with van der Waals surface area (Å²) in [5.74, 6) is 0.806. The fourth-order valence-electron chi connectivity index (χ4n) is 3.16. The third-order valence-corrected chi connectivity index (χ3v) is 4.45. The van der Waals surface area contributed by atoms with Crippen molar-refractivity contribution >= 4 is 5.97 Å². The lowest BCUT2D eigenvalue weighted by Crippen LogP contribution is -2.08. The molecule has 0 unspecified atom stereocenters. The summed E-state index contributed by atoms with van der Waals surface area (Å²) in [6.07, 6.45) is 7.83. The molecular weight excluding hydrogens is 340 g/mol. The molecule has 0 aliphatic carbocycles. The van der Waals surface area contributed by atoms with Crippen molar-refractivity contribution in [1.82, 2.24) is 19.7 Å². The summed E-state index contributed by atoms with van der Waals surface area (Å²) in [5.41, 5.74) is 2.69. The molecule has 6 nitrogen and oxygen atoms in total. The molecule has 0 amide bonds. The third-order valence-electron chi connectivity index (χ3n) is 4.45. The van der Waals surface area contributed by atoms with Gasteiger partial charge in [-0.25, -0.2) is 14.5 Å². The Kier molecular flexibility index (Phi) is 5.96. The molecule has 0 bridgehead atoms. The quantitative estimate of drug-likeness (QED) is 0.608. The molecule has 6 heteroatoms. The predicted molar refractivity (Wildman–Crippen MR) is 104 cm³/mol. The van der Waals surface area contributed by atoms with Crippen LogP contribution in [0.2, 0.25) is 0 Å². The van der Waals surface area contributed by atoms with Gasteiger partial charge in [0.05, 0.1) is 12.1 Å². The standard InChI is InChI=1S/C21H24N4O2/c1-3-4-5-10-20-23-15(2)24-25(20)14-16-11-17(13-22-12-16)18-8-6-7-9-19(18)21(26)27/h6-9,11-13H,3-5,10,14H2,1-2H3,(H,26,27). The van der Waals surface area contributed by atoms with E-state index in [0.717, 1.165) is 35.6 Å². The molecule has 0 saturated heterocycles. The number of pyridine rings is 1. The Hall–Kier alpha value is -3.02. The van der Waals surface area contributed by atoms with Crippen molar-refractivity contribution in [2.75, 3.05) is 0 Å². The van der Waals surface area contributed by atoms with Crippen molar-refractivity contribution < 1.29 is 9.90 Å². The van der Waals surface area contributed by atoms with Crippen LogP contribution in [0.5, 0.6) is 0 Å². The average Bonchev–Trinajstić information content (AvgIpc) is 3.01. The van der Waals surface area contributed by atoms with Gasteiger partial charge in [0.2, 0.25) is 0 Å². The molecule has 0 atom stereocenters. The molecule has 1 N–H and O–H groups in total. The van der Waals surface area contributed by atoms with Gasteiger partial charge in [0.1, 0.15) is 11.6 Å². The van der Waals surface area contributed by atoms with Crippen LogP contribution in [-0.4, -0.2) is 30.8 Å². The Bertz CT molecular complexity index is 933. The minimum absolute atomic E-state index is 0.272. The molecule has 0 spiro atoms. The van der Waals surface area contributed by atoms with Crippen LogP contribution >= 0.6 is 0 Å². The molecule has 0 saturated carbocycles. The lowest BCUT2D eigenvalue weighted by atomic mass is 10.00. The molecular formula is C21H24N4O2. The predicted octanol–water partition coefficient (Wildman–Crippen LogP) is 4.13. The SMILES string of the molecule is CCCCCc1nc(C)nn1Cc1cncc(-c2ccccc2C(=O)O)c1. The van der Waals surface area contributed by atoms with Gasteiger partial charge >= 0.3 is 5.97 Å². The fourth-order valence-corrected chi connectivity index (χ4v) is 3.16. The zero-order chi connectivity index (χ0) is 19.2. The van der Waals surface area contributed by atoms with E-state index in [1.165, 1.54) is 12.8 Å². The van der Waals surface area contributed by atoms with E-state index in [1.54, 1.807) is 30.6 Å². The van der Waals surface area contributed by atoms with Crippen LogP contribution in [0.1, 0.15) is 53.8 Å². The first-order chi connectivity index (χ1) is 13.1. The minimum Gasteiger partial charge on any atom is -0.478 e. The molecule has 1 aromatic carbocycles. The molecule has 0 aliphatic rings. The smallest absolute Gasteiger partial charge is 0.336 e. The van der Waals surface area contributed by atoms with Gasteiger partial charge in [0.15, 0.2) is 0 Å². The Morgan fingerprint density at radius 2 is 2.00 bits per heavy atom. The van der Waals surface area contributed by atoms with Gasteiger partial charge in [0, 0.05) is 24.4 Å². The average molecular weight is 364 g/mol. The number of carbonyl (C=O) groups is 1. The van der Waals surface area contributed by atoms with E-state index in [2.05, 4.69) is 22.0 Å². The molecule has 0 fully saturated rings. The summed E-state index contributed by atoms with van der Waals surface area (Å²) in [6.45, 7) is 4.65. The monoisotopic (exact) mass is 364 g/mol. The summed E-state index contributed by atoms with van der Waals surface area (Å²) in [4.78, 5) is 20.4. The van der Waals surface area contributed by atoms with E-state index in [1.807, 2.05) is 23.7 Å². The number of unbranched alkanes of at least 4 members (excludes halogenated alkanes) is 2. The second-order valence-corrected chi connectivity index (χ2v) is 6.62. The normalized spacial score (nSPS) is 10.9. The van der Waals surface area contributed by atoms with Crippen LogP contribution in [0.15, 0.2) is 42.7 Å². The van der Waals surface area contributed by atoms with Gasteiger partial charge in [-0.05, 0) is 36.6 Å². The number of hydrogen-bond donors (Lipinski definition) is 1. The Balaban J connectivity index is 1.87. The van der Waals surface area contributed by atoms with Crippen LogP contribution in [0.4, 0.5) is 0 Å². The zero-order valence-corrected chi connectivity index (χ0v) is 15.7.